The molecular weight excluding hydrogens is 374 g/mol. The first-order valence-corrected chi connectivity index (χ1v) is 9.57. The number of fused-ring (bicyclic) bond motifs is 3. The molecule has 29 heavy (non-hydrogen) atoms. The van der Waals surface area contributed by atoms with Gasteiger partial charge in [0.05, 0.1) is 19.9 Å². The van der Waals surface area contributed by atoms with Crippen LogP contribution in [-0.4, -0.2) is 39.2 Å². The van der Waals surface area contributed by atoms with Crippen molar-refractivity contribution in [1.29, 1.82) is 0 Å². The summed E-state index contributed by atoms with van der Waals surface area (Å²) in [6, 6.07) is 5.08. The van der Waals surface area contributed by atoms with Crippen molar-refractivity contribution < 1.29 is 14.3 Å². The Bertz CT molecular complexity index is 1120. The van der Waals surface area contributed by atoms with Crippen LogP contribution in [0.15, 0.2) is 29.3 Å². The lowest BCUT2D eigenvalue weighted by molar-refractivity contribution is -0.116. The van der Waals surface area contributed by atoms with Gasteiger partial charge < -0.3 is 19.4 Å². The lowest BCUT2D eigenvalue weighted by atomic mass is 10.2. The molecule has 1 aromatic carbocycles. The third kappa shape index (κ3) is 3.67. The molecule has 9 nitrogen and oxygen atoms in total. The molecule has 9 heteroatoms. The number of hydrogen-bond donors (Lipinski definition) is 1. The Morgan fingerprint density at radius 1 is 1.21 bits per heavy atom. The molecule has 2 aromatic heterocycles. The zero-order valence-corrected chi connectivity index (χ0v) is 16.5. The molecule has 0 saturated heterocycles. The first-order chi connectivity index (χ1) is 14.1. The molecule has 0 unspecified atom stereocenters. The SMILES string of the molecule is COc1ccc(NC(=O)Cn2cnc3c(nc4n3CCCCC4)c2=O)c(OC)c1. The van der Waals surface area contributed by atoms with Gasteiger partial charge in [-0.25, -0.2) is 9.97 Å². The predicted octanol–water partition coefficient (Wildman–Crippen LogP) is 1.98. The topological polar surface area (TPSA) is 100 Å². The summed E-state index contributed by atoms with van der Waals surface area (Å²) in [6.07, 6.45) is 5.51. The summed E-state index contributed by atoms with van der Waals surface area (Å²) >= 11 is 0. The Morgan fingerprint density at radius 3 is 2.86 bits per heavy atom. The summed E-state index contributed by atoms with van der Waals surface area (Å²) in [5.74, 6) is 1.62. The van der Waals surface area contributed by atoms with E-state index in [0.29, 0.717) is 28.4 Å². The van der Waals surface area contributed by atoms with Gasteiger partial charge in [0.15, 0.2) is 11.2 Å². The van der Waals surface area contributed by atoms with Gasteiger partial charge in [0.25, 0.3) is 5.56 Å². The molecule has 1 N–H and O–H groups in total. The van der Waals surface area contributed by atoms with E-state index in [-0.39, 0.29) is 18.0 Å². The maximum Gasteiger partial charge on any atom is 0.282 e. The van der Waals surface area contributed by atoms with E-state index in [1.54, 1.807) is 25.3 Å². The highest BCUT2D eigenvalue weighted by molar-refractivity contribution is 5.92. The maximum atomic E-state index is 12.9. The van der Waals surface area contributed by atoms with E-state index in [0.717, 1.165) is 38.1 Å². The van der Waals surface area contributed by atoms with Gasteiger partial charge in [-0.3, -0.25) is 14.2 Å². The molecule has 0 bridgehead atoms. The molecule has 1 aliphatic rings. The van der Waals surface area contributed by atoms with Gasteiger partial charge in [-0.15, -0.1) is 0 Å². The number of benzene rings is 1. The van der Waals surface area contributed by atoms with Crippen LogP contribution in [0.5, 0.6) is 11.5 Å². The number of rotatable bonds is 5. The van der Waals surface area contributed by atoms with Crippen molar-refractivity contribution in [3.8, 4) is 11.5 Å². The van der Waals surface area contributed by atoms with Crippen LogP contribution in [0.2, 0.25) is 0 Å². The van der Waals surface area contributed by atoms with E-state index in [2.05, 4.69) is 15.3 Å². The molecule has 0 radical (unpaired) electrons. The summed E-state index contributed by atoms with van der Waals surface area (Å²) in [4.78, 5) is 34.3. The van der Waals surface area contributed by atoms with Crippen molar-refractivity contribution in [3.63, 3.8) is 0 Å². The van der Waals surface area contributed by atoms with Crippen molar-refractivity contribution in [2.75, 3.05) is 19.5 Å². The first-order valence-electron chi connectivity index (χ1n) is 9.57. The van der Waals surface area contributed by atoms with Gasteiger partial charge in [0, 0.05) is 19.0 Å². The number of nitrogens with one attached hydrogen (secondary N) is 1. The fourth-order valence-electron chi connectivity index (χ4n) is 3.59. The fourth-order valence-corrected chi connectivity index (χ4v) is 3.59. The van der Waals surface area contributed by atoms with E-state index >= 15 is 0 Å². The number of amides is 1. The molecule has 1 aliphatic heterocycles. The monoisotopic (exact) mass is 397 g/mol. The van der Waals surface area contributed by atoms with E-state index in [4.69, 9.17) is 9.47 Å². The predicted molar refractivity (Wildman–Crippen MR) is 108 cm³/mol. The molecule has 0 spiro atoms. The summed E-state index contributed by atoms with van der Waals surface area (Å²) in [5, 5.41) is 2.76. The molecular formula is C20H23N5O4. The zero-order chi connectivity index (χ0) is 20.4. The maximum absolute atomic E-state index is 12.9. The molecule has 0 atom stereocenters. The normalized spacial score (nSPS) is 13.6. The number of carbonyl (C=O) groups is 1. The Morgan fingerprint density at radius 2 is 2.07 bits per heavy atom. The first kappa shape index (κ1) is 19.0. The van der Waals surface area contributed by atoms with Gasteiger partial charge in [-0.1, -0.05) is 6.42 Å². The molecule has 0 fully saturated rings. The van der Waals surface area contributed by atoms with E-state index in [1.807, 2.05) is 4.57 Å². The molecule has 4 rings (SSSR count). The minimum Gasteiger partial charge on any atom is -0.497 e. The number of methoxy groups -OCH3 is 2. The van der Waals surface area contributed by atoms with E-state index < -0.39 is 0 Å². The Labute approximate surface area is 167 Å². The number of imidazole rings is 1. The van der Waals surface area contributed by atoms with Gasteiger partial charge in [-0.2, -0.15) is 0 Å². The number of carbonyl (C=O) groups excluding carboxylic acids is 1. The summed E-state index contributed by atoms with van der Waals surface area (Å²) < 4.78 is 13.7. The van der Waals surface area contributed by atoms with Crippen LogP contribution in [-0.2, 0) is 24.3 Å². The average Bonchev–Trinajstić information content (AvgIpc) is 2.92. The summed E-state index contributed by atoms with van der Waals surface area (Å²) in [7, 11) is 3.06. The fraction of sp³-hybridized carbons (Fsp3) is 0.400. The highest BCUT2D eigenvalue weighted by Gasteiger charge is 2.18. The van der Waals surface area contributed by atoms with Crippen LogP contribution in [0.25, 0.3) is 11.2 Å². The highest BCUT2D eigenvalue weighted by Crippen LogP contribution is 2.29. The second-order valence-electron chi connectivity index (χ2n) is 6.95. The highest BCUT2D eigenvalue weighted by atomic mass is 16.5. The van der Waals surface area contributed by atoms with Crippen LogP contribution in [0.3, 0.4) is 0 Å². The van der Waals surface area contributed by atoms with Crippen LogP contribution >= 0.6 is 0 Å². The van der Waals surface area contributed by atoms with Crippen molar-refractivity contribution in [3.05, 3.63) is 40.7 Å². The van der Waals surface area contributed by atoms with Crippen LogP contribution in [0.4, 0.5) is 5.69 Å². The molecule has 3 heterocycles. The lowest BCUT2D eigenvalue weighted by Gasteiger charge is -2.12. The average molecular weight is 397 g/mol. The van der Waals surface area contributed by atoms with E-state index in [9.17, 15) is 9.59 Å². The quantitative estimate of drug-likeness (QED) is 0.707. The number of hydrogen-bond acceptors (Lipinski definition) is 6. The van der Waals surface area contributed by atoms with Gasteiger partial charge in [0.1, 0.15) is 30.2 Å². The third-order valence-electron chi connectivity index (χ3n) is 5.08. The summed E-state index contributed by atoms with van der Waals surface area (Å²) in [5.41, 5.74) is 1.10. The van der Waals surface area contributed by atoms with Crippen molar-refractivity contribution >= 4 is 22.8 Å². The molecule has 1 amide bonds. The minimum atomic E-state index is -0.363. The number of aryl methyl sites for hydroxylation is 2. The minimum absolute atomic E-state index is 0.168. The Hall–Kier alpha value is -3.36. The molecule has 3 aromatic rings. The lowest BCUT2D eigenvalue weighted by Crippen LogP contribution is -2.28. The smallest absolute Gasteiger partial charge is 0.282 e. The zero-order valence-electron chi connectivity index (χ0n) is 16.5. The number of nitrogens with zero attached hydrogens (tertiary/aromatic N) is 4. The van der Waals surface area contributed by atoms with Crippen molar-refractivity contribution in [2.24, 2.45) is 0 Å². The van der Waals surface area contributed by atoms with Crippen molar-refractivity contribution in [1.82, 2.24) is 19.1 Å². The van der Waals surface area contributed by atoms with Crippen LogP contribution < -0.4 is 20.3 Å². The van der Waals surface area contributed by atoms with Gasteiger partial charge in [-0.05, 0) is 25.0 Å². The number of ether oxygens (including phenoxy) is 2. The van der Waals surface area contributed by atoms with Gasteiger partial charge >= 0.3 is 0 Å². The second kappa shape index (κ2) is 7.94. The number of anilines is 1. The second-order valence-corrected chi connectivity index (χ2v) is 6.95. The molecule has 0 saturated carbocycles. The largest absolute Gasteiger partial charge is 0.497 e. The Kier molecular flexibility index (Phi) is 5.20. The van der Waals surface area contributed by atoms with Gasteiger partial charge in [0.2, 0.25) is 5.91 Å². The molecule has 0 aliphatic carbocycles. The standard InChI is InChI=1S/C20H23N5O4/c1-28-13-7-8-14(15(10-13)29-2)22-17(26)11-24-12-21-19-18(20(24)27)23-16-6-4-3-5-9-25(16)19/h7-8,10,12H,3-6,9,11H2,1-2H3,(H,22,26). The number of aromatic nitrogens is 4. The third-order valence-corrected chi connectivity index (χ3v) is 5.08. The van der Waals surface area contributed by atoms with E-state index in [1.165, 1.54) is 18.0 Å². The summed E-state index contributed by atoms with van der Waals surface area (Å²) in [6.45, 7) is 0.652. The van der Waals surface area contributed by atoms with Crippen molar-refractivity contribution in [2.45, 2.75) is 38.8 Å². The Balaban J connectivity index is 1.57. The van der Waals surface area contributed by atoms with Crippen LogP contribution in [0.1, 0.15) is 25.1 Å². The van der Waals surface area contributed by atoms with Crippen LogP contribution in [0, 0.1) is 0 Å². The molecule has 152 valence electrons.